The van der Waals surface area contributed by atoms with E-state index in [1.165, 1.54) is 12.7 Å². The molecule has 1 fully saturated rings. The third kappa shape index (κ3) is 2.70. The third-order valence-corrected chi connectivity index (χ3v) is 4.96. The normalized spacial score (nSPS) is 15.1. The van der Waals surface area contributed by atoms with Gasteiger partial charge in [-0.3, -0.25) is 4.57 Å². The molecule has 27 heavy (non-hydrogen) atoms. The minimum atomic E-state index is -0.993. The first kappa shape index (κ1) is 15.8. The van der Waals surface area contributed by atoms with Gasteiger partial charge in [0.05, 0.1) is 10.9 Å². The minimum Gasteiger partial charge on any atom is -0.383 e. The van der Waals surface area contributed by atoms with Gasteiger partial charge in [0.2, 0.25) is 6.35 Å². The van der Waals surface area contributed by atoms with E-state index in [-0.39, 0.29) is 0 Å². The van der Waals surface area contributed by atoms with Gasteiger partial charge in [0.25, 0.3) is 0 Å². The zero-order valence-corrected chi connectivity index (χ0v) is 14.6. The number of nitrogens with zero attached hydrogens (tertiary/aromatic N) is 5. The van der Waals surface area contributed by atoms with Crippen LogP contribution in [-0.2, 0) is 0 Å². The highest BCUT2D eigenvalue weighted by Crippen LogP contribution is 2.26. The molecule has 1 aliphatic heterocycles. The molecule has 5 rings (SSSR count). The molecule has 8 heteroatoms. The number of aromatic nitrogens is 4. The molecule has 4 N–H and O–H groups in total. The highest BCUT2D eigenvalue weighted by molar-refractivity contribution is 5.86. The van der Waals surface area contributed by atoms with Gasteiger partial charge >= 0.3 is 0 Å². The molecule has 4 aromatic rings. The fourth-order valence-electron chi connectivity index (χ4n) is 3.32. The summed E-state index contributed by atoms with van der Waals surface area (Å²) >= 11 is 0. The average molecular weight is 361 g/mol. The van der Waals surface area contributed by atoms with Crippen molar-refractivity contribution in [2.45, 2.75) is 12.8 Å². The maximum absolute atomic E-state index is 10.6. The standard InChI is InChI=1S/C19H19N7O/c20-17-14-6-9-26(18(14)22-11-21-17)19(27)23-13-4-2-12-3-5-16(24-15(12)10-13)25-7-1-8-25/h2-6,9-11,19,23,27H,1,7-8H2,(H2,20,21,22). The molecule has 1 aliphatic rings. The second-order valence-corrected chi connectivity index (χ2v) is 6.65. The molecule has 136 valence electrons. The molecule has 8 nitrogen and oxygen atoms in total. The van der Waals surface area contributed by atoms with Crippen LogP contribution in [0.4, 0.5) is 17.3 Å². The molecule has 0 radical (unpaired) electrons. The number of rotatable bonds is 4. The Balaban J connectivity index is 1.45. The first-order valence-electron chi connectivity index (χ1n) is 8.86. The predicted octanol–water partition coefficient (Wildman–Crippen LogP) is 2.33. The summed E-state index contributed by atoms with van der Waals surface area (Å²) in [6.45, 7) is 2.11. The van der Waals surface area contributed by atoms with Crippen molar-refractivity contribution >= 4 is 39.3 Å². The van der Waals surface area contributed by atoms with Gasteiger partial charge < -0.3 is 21.1 Å². The lowest BCUT2D eigenvalue weighted by Crippen LogP contribution is -2.37. The molecule has 1 aromatic carbocycles. The molecule has 0 spiro atoms. The SMILES string of the molecule is Nc1ncnc2c1ccn2C(O)Nc1ccc2ccc(N3CCC3)nc2c1. The zero-order chi connectivity index (χ0) is 18.4. The Morgan fingerprint density at radius 3 is 2.78 bits per heavy atom. The van der Waals surface area contributed by atoms with Crippen molar-refractivity contribution in [2.75, 3.05) is 29.0 Å². The lowest BCUT2D eigenvalue weighted by Gasteiger charge is -2.32. The summed E-state index contributed by atoms with van der Waals surface area (Å²) < 4.78 is 1.61. The predicted molar refractivity (Wildman–Crippen MR) is 105 cm³/mol. The Kier molecular flexibility index (Phi) is 3.58. The number of fused-ring (bicyclic) bond motifs is 2. The summed E-state index contributed by atoms with van der Waals surface area (Å²) in [6, 6.07) is 11.8. The highest BCUT2D eigenvalue weighted by atomic mass is 16.3. The van der Waals surface area contributed by atoms with Crippen molar-refractivity contribution in [1.82, 2.24) is 19.5 Å². The van der Waals surface area contributed by atoms with Crippen LogP contribution in [-0.4, -0.2) is 37.7 Å². The molecular weight excluding hydrogens is 342 g/mol. The van der Waals surface area contributed by atoms with E-state index in [0.29, 0.717) is 16.9 Å². The van der Waals surface area contributed by atoms with Gasteiger partial charge in [0.15, 0.2) is 0 Å². The minimum absolute atomic E-state index is 0.388. The maximum Gasteiger partial charge on any atom is 0.210 e. The Morgan fingerprint density at radius 2 is 1.96 bits per heavy atom. The lowest BCUT2D eigenvalue weighted by molar-refractivity contribution is 0.138. The molecule has 1 unspecified atom stereocenters. The van der Waals surface area contributed by atoms with Gasteiger partial charge in [-0.1, -0.05) is 6.07 Å². The largest absolute Gasteiger partial charge is 0.383 e. The summed E-state index contributed by atoms with van der Waals surface area (Å²) in [5, 5.41) is 15.5. The summed E-state index contributed by atoms with van der Waals surface area (Å²) in [6.07, 6.45) is 3.34. The molecule has 0 saturated carbocycles. The number of pyridine rings is 1. The van der Waals surface area contributed by atoms with Gasteiger partial charge in [0, 0.05) is 30.4 Å². The van der Waals surface area contributed by atoms with Gasteiger partial charge in [-0.15, -0.1) is 0 Å². The van der Waals surface area contributed by atoms with Crippen LogP contribution in [0.25, 0.3) is 21.9 Å². The highest BCUT2D eigenvalue weighted by Gasteiger charge is 2.16. The van der Waals surface area contributed by atoms with E-state index < -0.39 is 6.35 Å². The molecule has 0 bridgehead atoms. The molecule has 3 aromatic heterocycles. The van der Waals surface area contributed by atoms with Crippen LogP contribution < -0.4 is 16.0 Å². The van der Waals surface area contributed by atoms with Gasteiger partial charge in [0.1, 0.15) is 23.6 Å². The van der Waals surface area contributed by atoms with E-state index in [1.807, 2.05) is 18.2 Å². The number of hydrogen-bond donors (Lipinski definition) is 3. The van der Waals surface area contributed by atoms with Gasteiger partial charge in [-0.25, -0.2) is 15.0 Å². The van der Waals surface area contributed by atoms with Crippen LogP contribution in [0.2, 0.25) is 0 Å². The number of benzene rings is 1. The van der Waals surface area contributed by atoms with Crippen molar-refractivity contribution in [1.29, 1.82) is 0 Å². The number of nitrogens with one attached hydrogen (secondary N) is 1. The van der Waals surface area contributed by atoms with Crippen molar-refractivity contribution in [2.24, 2.45) is 0 Å². The third-order valence-electron chi connectivity index (χ3n) is 4.96. The summed E-state index contributed by atoms with van der Waals surface area (Å²) in [5.74, 6) is 1.38. The topological polar surface area (TPSA) is 105 Å². The number of aliphatic hydroxyl groups is 1. The van der Waals surface area contributed by atoms with Crippen molar-refractivity contribution in [3.8, 4) is 0 Å². The smallest absolute Gasteiger partial charge is 0.210 e. The van der Waals surface area contributed by atoms with Crippen LogP contribution in [0.15, 0.2) is 48.9 Å². The molecule has 0 amide bonds. The van der Waals surface area contributed by atoms with Crippen LogP contribution in [0, 0.1) is 0 Å². The Hall–Kier alpha value is -3.39. The molecule has 0 aliphatic carbocycles. The molecule has 4 heterocycles. The Morgan fingerprint density at radius 1 is 1.11 bits per heavy atom. The Bertz CT molecular complexity index is 1140. The van der Waals surface area contributed by atoms with Crippen LogP contribution >= 0.6 is 0 Å². The van der Waals surface area contributed by atoms with E-state index in [1.54, 1.807) is 16.8 Å². The number of aliphatic hydroxyl groups excluding tert-OH is 1. The van der Waals surface area contributed by atoms with Crippen molar-refractivity contribution < 1.29 is 5.11 Å². The number of anilines is 3. The van der Waals surface area contributed by atoms with E-state index in [2.05, 4.69) is 32.3 Å². The lowest BCUT2D eigenvalue weighted by atomic mass is 10.1. The first-order chi connectivity index (χ1) is 13.2. The summed E-state index contributed by atoms with van der Waals surface area (Å²) in [5.41, 5.74) is 8.09. The number of nitrogens with two attached hydrogens (primary N) is 1. The van der Waals surface area contributed by atoms with Crippen molar-refractivity contribution in [3.05, 3.63) is 48.9 Å². The summed E-state index contributed by atoms with van der Waals surface area (Å²) in [7, 11) is 0. The second-order valence-electron chi connectivity index (χ2n) is 6.65. The van der Waals surface area contributed by atoms with E-state index >= 15 is 0 Å². The second kappa shape index (κ2) is 6.10. The van der Waals surface area contributed by atoms with Gasteiger partial charge in [-0.2, -0.15) is 0 Å². The van der Waals surface area contributed by atoms with E-state index in [4.69, 9.17) is 10.7 Å². The first-order valence-corrected chi connectivity index (χ1v) is 8.86. The molecule has 1 saturated heterocycles. The summed E-state index contributed by atoms with van der Waals surface area (Å²) in [4.78, 5) is 15.2. The number of nitrogen functional groups attached to an aromatic ring is 1. The monoisotopic (exact) mass is 361 g/mol. The van der Waals surface area contributed by atoms with Crippen LogP contribution in [0.5, 0.6) is 0 Å². The van der Waals surface area contributed by atoms with Crippen molar-refractivity contribution in [3.63, 3.8) is 0 Å². The van der Waals surface area contributed by atoms with E-state index in [9.17, 15) is 5.11 Å². The maximum atomic E-state index is 10.6. The quantitative estimate of drug-likeness (QED) is 0.479. The average Bonchev–Trinajstić information content (AvgIpc) is 3.05. The molecular formula is C19H19N7O. The van der Waals surface area contributed by atoms with Gasteiger partial charge in [-0.05, 0) is 36.8 Å². The fraction of sp³-hybridized carbons (Fsp3) is 0.211. The zero-order valence-electron chi connectivity index (χ0n) is 14.6. The van der Waals surface area contributed by atoms with E-state index in [0.717, 1.165) is 35.5 Å². The molecule has 1 atom stereocenters. The fourth-order valence-corrected chi connectivity index (χ4v) is 3.32. The number of hydrogen-bond acceptors (Lipinski definition) is 7. The van der Waals surface area contributed by atoms with Crippen LogP contribution in [0.1, 0.15) is 12.8 Å². The Labute approximate surface area is 155 Å². The van der Waals surface area contributed by atoms with Crippen LogP contribution in [0.3, 0.4) is 0 Å².